The molecular formula is C36H47NO5Si. The third kappa shape index (κ3) is 7.39. The summed E-state index contributed by atoms with van der Waals surface area (Å²) in [4.78, 5) is 29.0. The van der Waals surface area contributed by atoms with E-state index < -0.39 is 26.4 Å². The largest absolute Gasteiger partial charge is 0.467 e. The molecular weight excluding hydrogens is 554 g/mol. The normalized spacial score (nSPS) is 19.1. The van der Waals surface area contributed by atoms with E-state index in [9.17, 15) is 9.59 Å². The van der Waals surface area contributed by atoms with Gasteiger partial charge >= 0.3 is 12.1 Å². The topological polar surface area (TPSA) is 65.1 Å². The lowest BCUT2D eigenvalue weighted by Gasteiger charge is -2.47. The number of rotatable bonds is 11. The van der Waals surface area contributed by atoms with Crippen molar-refractivity contribution in [2.45, 2.75) is 83.5 Å². The first-order valence-electron chi connectivity index (χ1n) is 15.5. The van der Waals surface area contributed by atoms with Crippen molar-refractivity contribution in [3.8, 4) is 0 Å². The summed E-state index contributed by atoms with van der Waals surface area (Å²) in [5.41, 5.74) is 0.894. The first-order valence-corrected chi connectivity index (χ1v) is 17.5. The number of hydrogen-bond acceptors (Lipinski definition) is 5. The van der Waals surface area contributed by atoms with Crippen molar-refractivity contribution in [1.29, 1.82) is 0 Å². The van der Waals surface area contributed by atoms with Gasteiger partial charge < -0.3 is 13.9 Å². The highest BCUT2D eigenvalue weighted by molar-refractivity contribution is 6.99. The van der Waals surface area contributed by atoms with Crippen LogP contribution in [0.4, 0.5) is 4.79 Å². The third-order valence-electron chi connectivity index (χ3n) is 8.71. The Kier molecular flexibility index (Phi) is 11.2. The molecule has 0 aromatic heterocycles. The number of piperidine rings is 1. The predicted octanol–water partition coefficient (Wildman–Crippen LogP) is 6.71. The second-order valence-corrected chi connectivity index (χ2v) is 16.8. The number of carbonyl (C=O) groups excluding carboxylic acids is 2. The summed E-state index contributed by atoms with van der Waals surface area (Å²) in [7, 11) is -1.46. The van der Waals surface area contributed by atoms with E-state index >= 15 is 0 Å². The van der Waals surface area contributed by atoms with Crippen molar-refractivity contribution >= 4 is 30.8 Å². The summed E-state index contributed by atoms with van der Waals surface area (Å²) in [5, 5.41) is 2.13. The van der Waals surface area contributed by atoms with Crippen LogP contribution in [0.25, 0.3) is 0 Å². The Morgan fingerprint density at radius 3 is 1.93 bits per heavy atom. The Labute approximate surface area is 258 Å². The van der Waals surface area contributed by atoms with E-state index in [2.05, 4.69) is 76.2 Å². The molecule has 3 aromatic rings. The lowest BCUT2D eigenvalue weighted by atomic mass is 9.82. The van der Waals surface area contributed by atoms with Crippen LogP contribution in [0.2, 0.25) is 5.04 Å². The maximum absolute atomic E-state index is 13.9. The minimum absolute atomic E-state index is 0.000732. The number of unbranched alkanes of at least 4 members (excludes halogenated alkanes) is 1. The van der Waals surface area contributed by atoms with Crippen LogP contribution in [0.3, 0.4) is 0 Å². The maximum atomic E-state index is 13.9. The highest BCUT2D eigenvalue weighted by atomic mass is 28.4. The van der Waals surface area contributed by atoms with Gasteiger partial charge in [-0.25, -0.2) is 9.59 Å². The Bertz CT molecular complexity index is 1260. The van der Waals surface area contributed by atoms with Gasteiger partial charge in [-0.15, -0.1) is 0 Å². The second kappa shape index (κ2) is 14.8. The zero-order valence-electron chi connectivity index (χ0n) is 26.3. The molecule has 3 aromatic carbocycles. The van der Waals surface area contributed by atoms with Gasteiger partial charge in [-0.2, -0.15) is 0 Å². The molecule has 1 fully saturated rings. The van der Waals surface area contributed by atoms with Gasteiger partial charge in [-0.05, 0) is 46.2 Å². The number of hydrogen-bond donors (Lipinski definition) is 0. The summed E-state index contributed by atoms with van der Waals surface area (Å²) >= 11 is 0. The van der Waals surface area contributed by atoms with Gasteiger partial charge in [0.15, 0.2) is 0 Å². The minimum Gasteiger partial charge on any atom is -0.467 e. The van der Waals surface area contributed by atoms with E-state index in [1.54, 1.807) is 4.90 Å². The van der Waals surface area contributed by atoms with Gasteiger partial charge in [0.05, 0.1) is 19.8 Å². The first kappa shape index (κ1) is 32.5. The van der Waals surface area contributed by atoms with E-state index in [-0.39, 0.29) is 23.6 Å². The zero-order chi connectivity index (χ0) is 30.9. The molecule has 1 amide bonds. The van der Waals surface area contributed by atoms with E-state index in [4.69, 9.17) is 13.9 Å². The molecule has 1 aliphatic rings. The van der Waals surface area contributed by atoms with Gasteiger partial charge in [0, 0.05) is 0 Å². The average Bonchev–Trinajstić information content (AvgIpc) is 3.03. The molecule has 43 heavy (non-hydrogen) atoms. The van der Waals surface area contributed by atoms with Gasteiger partial charge in [-0.3, -0.25) is 4.90 Å². The number of nitrogens with zero attached hydrogens (tertiary/aromatic N) is 1. The number of benzene rings is 3. The molecule has 7 heteroatoms. The number of esters is 1. The van der Waals surface area contributed by atoms with Crippen LogP contribution < -0.4 is 10.4 Å². The molecule has 0 radical (unpaired) electrons. The van der Waals surface area contributed by atoms with Crippen molar-refractivity contribution in [1.82, 2.24) is 4.90 Å². The summed E-state index contributed by atoms with van der Waals surface area (Å²) in [6.07, 6.45) is 3.88. The average molecular weight is 602 g/mol. The number of amides is 1. The van der Waals surface area contributed by atoms with Crippen molar-refractivity contribution in [3.63, 3.8) is 0 Å². The van der Waals surface area contributed by atoms with Gasteiger partial charge in [0.25, 0.3) is 8.32 Å². The molecule has 0 spiro atoms. The van der Waals surface area contributed by atoms with Crippen molar-refractivity contribution in [2.75, 3.05) is 13.7 Å². The van der Waals surface area contributed by atoms with E-state index in [1.807, 2.05) is 42.5 Å². The Morgan fingerprint density at radius 2 is 1.42 bits per heavy atom. The van der Waals surface area contributed by atoms with Gasteiger partial charge in [0.1, 0.15) is 12.6 Å². The van der Waals surface area contributed by atoms with Crippen LogP contribution in [0.1, 0.15) is 65.4 Å². The lowest BCUT2D eigenvalue weighted by Crippen LogP contribution is -2.68. The van der Waals surface area contributed by atoms with Crippen molar-refractivity contribution < 1.29 is 23.5 Å². The van der Waals surface area contributed by atoms with Gasteiger partial charge in [-0.1, -0.05) is 132 Å². The SMILES string of the molecule is CCCC[C@@H]1CC[C@@H](CO[Si](c2ccccc2)(c2ccccc2)C(C)(C)C)N(C(=O)OCc2ccccc2)[C@H]1C(=O)OC. The Balaban J connectivity index is 1.72. The van der Waals surface area contributed by atoms with Crippen molar-refractivity contribution in [2.24, 2.45) is 5.92 Å². The quantitative estimate of drug-likeness (QED) is 0.181. The lowest BCUT2D eigenvalue weighted by molar-refractivity contribution is -0.152. The zero-order valence-corrected chi connectivity index (χ0v) is 27.3. The minimum atomic E-state index is -2.86. The highest BCUT2D eigenvalue weighted by Gasteiger charge is 2.52. The molecule has 1 heterocycles. The smallest absolute Gasteiger partial charge is 0.411 e. The van der Waals surface area contributed by atoms with E-state index in [0.717, 1.165) is 37.7 Å². The Hall–Kier alpha value is -3.42. The molecule has 0 N–H and O–H groups in total. The Morgan fingerprint density at radius 1 is 0.860 bits per heavy atom. The number of carbonyl (C=O) groups is 2. The second-order valence-electron chi connectivity index (χ2n) is 12.5. The highest BCUT2D eigenvalue weighted by Crippen LogP contribution is 2.39. The number of methoxy groups -OCH3 is 1. The molecule has 0 bridgehead atoms. The van der Waals surface area contributed by atoms with Crippen LogP contribution in [0.15, 0.2) is 91.0 Å². The van der Waals surface area contributed by atoms with Crippen LogP contribution in [0.5, 0.6) is 0 Å². The van der Waals surface area contributed by atoms with Crippen molar-refractivity contribution in [3.05, 3.63) is 96.6 Å². The third-order valence-corrected chi connectivity index (χ3v) is 13.7. The van der Waals surface area contributed by atoms with Crippen LogP contribution >= 0.6 is 0 Å². The summed E-state index contributed by atoms with van der Waals surface area (Å²) < 4.78 is 18.5. The fraction of sp³-hybridized carbons (Fsp3) is 0.444. The van der Waals surface area contributed by atoms with E-state index in [0.29, 0.717) is 6.61 Å². The van der Waals surface area contributed by atoms with Crippen LogP contribution in [0, 0.1) is 5.92 Å². The van der Waals surface area contributed by atoms with Crippen LogP contribution in [-0.4, -0.2) is 51.1 Å². The predicted molar refractivity (Wildman–Crippen MR) is 174 cm³/mol. The number of ether oxygens (including phenoxy) is 2. The first-order chi connectivity index (χ1) is 20.7. The molecule has 3 atom stereocenters. The molecule has 1 saturated heterocycles. The van der Waals surface area contributed by atoms with Crippen LogP contribution in [-0.2, 0) is 25.3 Å². The standard InChI is InChI=1S/C36H47NO5Si/c1-6-7-19-29-24-25-30(37(33(29)34(38)40-5)35(39)41-26-28-17-11-8-12-18-28)27-42-43(36(2,3)4,31-20-13-9-14-21-31)32-22-15-10-16-23-32/h8-18,20-23,29-30,33H,6-7,19,24-27H2,1-5H3/t29-,30+,33-/m1/s1. The fourth-order valence-corrected chi connectivity index (χ4v) is 11.2. The molecule has 0 saturated carbocycles. The fourth-order valence-electron chi connectivity index (χ4n) is 6.56. The molecule has 230 valence electrons. The van der Waals surface area contributed by atoms with E-state index in [1.165, 1.54) is 17.5 Å². The molecule has 6 nitrogen and oxygen atoms in total. The molecule has 0 unspecified atom stereocenters. The summed E-state index contributed by atoms with van der Waals surface area (Å²) in [6.45, 7) is 9.29. The van der Waals surface area contributed by atoms with Gasteiger partial charge in [0.2, 0.25) is 0 Å². The summed E-state index contributed by atoms with van der Waals surface area (Å²) in [6, 6.07) is 29.5. The summed E-state index contributed by atoms with van der Waals surface area (Å²) in [5.74, 6) is -0.395. The monoisotopic (exact) mass is 601 g/mol. The number of likely N-dealkylation sites (tertiary alicyclic amines) is 1. The molecule has 1 aliphatic heterocycles. The molecule has 4 rings (SSSR count). The molecule has 0 aliphatic carbocycles. The maximum Gasteiger partial charge on any atom is 0.411 e.